The first-order chi connectivity index (χ1) is 14.1. The molecule has 158 valence electrons. The lowest BCUT2D eigenvalue weighted by Crippen LogP contribution is -2.51. The van der Waals surface area contributed by atoms with Crippen molar-refractivity contribution in [3.8, 4) is 5.75 Å². The van der Waals surface area contributed by atoms with Crippen LogP contribution >= 0.6 is 0 Å². The van der Waals surface area contributed by atoms with Crippen molar-refractivity contribution in [3.05, 3.63) is 30.3 Å². The number of nitrogens with zero attached hydrogens (tertiary/aromatic N) is 1. The molecule has 0 aromatic heterocycles. The van der Waals surface area contributed by atoms with Gasteiger partial charge >= 0.3 is 0 Å². The number of amides is 2. The molecule has 2 heterocycles. The van der Waals surface area contributed by atoms with E-state index in [4.69, 9.17) is 9.47 Å². The third-order valence-electron chi connectivity index (χ3n) is 6.53. The molecule has 1 unspecified atom stereocenters. The van der Waals surface area contributed by atoms with Crippen molar-refractivity contribution in [2.75, 3.05) is 32.8 Å². The summed E-state index contributed by atoms with van der Waals surface area (Å²) >= 11 is 0. The van der Waals surface area contributed by atoms with Gasteiger partial charge in [0, 0.05) is 32.2 Å². The number of ether oxygens (including phenoxy) is 2. The number of carbonyl (C=O) groups is 2. The molecule has 1 aromatic rings. The number of benzene rings is 1. The lowest BCUT2D eigenvalue weighted by atomic mass is 9.78. The minimum Gasteiger partial charge on any atom is -0.484 e. The minimum atomic E-state index is -0.0967. The lowest BCUT2D eigenvalue weighted by molar-refractivity contribution is -0.148. The molecule has 2 amide bonds. The second-order valence-corrected chi connectivity index (χ2v) is 8.73. The van der Waals surface area contributed by atoms with Gasteiger partial charge in [-0.15, -0.1) is 0 Å². The van der Waals surface area contributed by atoms with E-state index < -0.39 is 0 Å². The maximum Gasteiger partial charge on any atom is 0.260 e. The molecule has 2 saturated heterocycles. The van der Waals surface area contributed by atoms with Gasteiger partial charge in [-0.25, -0.2) is 0 Å². The summed E-state index contributed by atoms with van der Waals surface area (Å²) in [5, 5.41) is 3.09. The highest BCUT2D eigenvalue weighted by molar-refractivity contribution is 5.80. The van der Waals surface area contributed by atoms with Crippen molar-refractivity contribution in [2.45, 2.75) is 50.5 Å². The summed E-state index contributed by atoms with van der Waals surface area (Å²) in [7, 11) is 0. The molecule has 1 aromatic carbocycles. The number of likely N-dealkylation sites (tertiary alicyclic amines) is 1. The predicted octanol–water partition coefficient (Wildman–Crippen LogP) is 2.77. The van der Waals surface area contributed by atoms with Gasteiger partial charge in [-0.05, 0) is 63.0 Å². The van der Waals surface area contributed by atoms with E-state index in [1.54, 1.807) is 0 Å². The molecule has 6 nitrogen and oxygen atoms in total. The molecular weight excluding hydrogens is 368 g/mol. The summed E-state index contributed by atoms with van der Waals surface area (Å²) in [6, 6.07) is 9.46. The van der Waals surface area contributed by atoms with Gasteiger partial charge in [-0.3, -0.25) is 9.59 Å². The number of rotatable bonds is 7. The molecule has 1 atom stereocenters. The maximum absolute atomic E-state index is 12.5. The Labute approximate surface area is 172 Å². The van der Waals surface area contributed by atoms with Crippen molar-refractivity contribution in [3.63, 3.8) is 0 Å². The Hall–Kier alpha value is -2.08. The molecule has 29 heavy (non-hydrogen) atoms. The molecular formula is C23H32N2O4. The second kappa shape index (κ2) is 9.16. The summed E-state index contributed by atoms with van der Waals surface area (Å²) in [6.45, 7) is 3.09. The average molecular weight is 401 g/mol. The fourth-order valence-electron chi connectivity index (χ4n) is 4.53. The molecule has 1 aliphatic carbocycles. The summed E-state index contributed by atoms with van der Waals surface area (Å²) in [6.07, 6.45) is 7.00. The Bertz CT molecular complexity index is 696. The van der Waals surface area contributed by atoms with Crippen molar-refractivity contribution in [2.24, 2.45) is 11.8 Å². The zero-order valence-electron chi connectivity index (χ0n) is 17.1. The highest BCUT2D eigenvalue weighted by Crippen LogP contribution is 2.38. The highest BCUT2D eigenvalue weighted by atomic mass is 16.5. The Morgan fingerprint density at radius 3 is 2.62 bits per heavy atom. The number of nitrogens with one attached hydrogen (secondary N) is 1. The fourth-order valence-corrected chi connectivity index (χ4v) is 4.53. The summed E-state index contributed by atoms with van der Waals surface area (Å²) < 4.78 is 11.8. The van der Waals surface area contributed by atoms with Crippen LogP contribution in [0.5, 0.6) is 5.75 Å². The topological polar surface area (TPSA) is 67.9 Å². The summed E-state index contributed by atoms with van der Waals surface area (Å²) in [5.74, 6) is 1.87. The number of hydrogen-bond donors (Lipinski definition) is 1. The molecule has 6 heteroatoms. The van der Waals surface area contributed by atoms with E-state index in [0.29, 0.717) is 5.92 Å². The van der Waals surface area contributed by atoms with E-state index in [0.717, 1.165) is 76.9 Å². The zero-order chi connectivity index (χ0) is 20.1. The van der Waals surface area contributed by atoms with Crippen LogP contribution in [0.3, 0.4) is 0 Å². The van der Waals surface area contributed by atoms with Crippen molar-refractivity contribution < 1.29 is 19.1 Å². The Morgan fingerprint density at radius 1 is 1.14 bits per heavy atom. The molecule has 1 saturated carbocycles. The maximum atomic E-state index is 12.5. The first-order valence-electron chi connectivity index (χ1n) is 11.0. The van der Waals surface area contributed by atoms with Crippen LogP contribution < -0.4 is 10.1 Å². The molecule has 0 bridgehead atoms. The SMILES string of the molecule is O=C(NCCC1CCOC2(CCN(C(=O)COc3ccccc3)CC2)C1)C1CC1. The van der Waals surface area contributed by atoms with Crippen LogP contribution in [-0.4, -0.2) is 55.2 Å². The van der Waals surface area contributed by atoms with Crippen LogP contribution in [-0.2, 0) is 14.3 Å². The molecule has 1 spiro atoms. The van der Waals surface area contributed by atoms with Gasteiger partial charge in [0.15, 0.2) is 6.61 Å². The normalized spacial score (nSPS) is 23.6. The standard InChI is InChI=1S/C23H32N2O4/c26-21(17-28-20-4-2-1-3-5-20)25-13-10-23(11-14-25)16-18(9-15-29-23)8-12-24-22(27)19-6-7-19/h1-5,18-19H,6-17H2,(H,24,27). The number of para-hydroxylation sites is 1. The first kappa shape index (κ1) is 20.2. The van der Waals surface area contributed by atoms with Crippen LogP contribution in [0.1, 0.15) is 44.9 Å². The molecule has 4 rings (SSSR count). The van der Waals surface area contributed by atoms with E-state index in [1.807, 2.05) is 35.2 Å². The Balaban J connectivity index is 1.19. The van der Waals surface area contributed by atoms with Gasteiger partial charge < -0.3 is 19.7 Å². The van der Waals surface area contributed by atoms with Gasteiger partial charge in [-0.2, -0.15) is 0 Å². The molecule has 0 radical (unpaired) electrons. The van der Waals surface area contributed by atoms with Crippen molar-refractivity contribution in [1.29, 1.82) is 0 Å². The van der Waals surface area contributed by atoms with Gasteiger partial charge in [0.1, 0.15) is 5.75 Å². The van der Waals surface area contributed by atoms with Crippen molar-refractivity contribution >= 4 is 11.8 Å². The Morgan fingerprint density at radius 2 is 1.90 bits per heavy atom. The monoisotopic (exact) mass is 400 g/mol. The smallest absolute Gasteiger partial charge is 0.260 e. The van der Waals surface area contributed by atoms with Crippen LogP contribution in [0.25, 0.3) is 0 Å². The average Bonchev–Trinajstić information content (AvgIpc) is 3.59. The predicted molar refractivity (Wildman–Crippen MR) is 110 cm³/mol. The first-order valence-corrected chi connectivity index (χ1v) is 11.0. The van der Waals surface area contributed by atoms with Gasteiger partial charge in [0.05, 0.1) is 5.60 Å². The van der Waals surface area contributed by atoms with E-state index in [2.05, 4.69) is 5.32 Å². The second-order valence-electron chi connectivity index (χ2n) is 8.73. The Kier molecular flexibility index (Phi) is 6.38. The number of carbonyl (C=O) groups excluding carboxylic acids is 2. The summed E-state index contributed by atoms with van der Waals surface area (Å²) in [4.78, 5) is 26.2. The van der Waals surface area contributed by atoms with E-state index in [9.17, 15) is 9.59 Å². The third kappa shape index (κ3) is 5.50. The third-order valence-corrected chi connectivity index (χ3v) is 6.53. The van der Waals surface area contributed by atoms with E-state index in [1.165, 1.54) is 0 Å². The highest BCUT2D eigenvalue weighted by Gasteiger charge is 2.41. The minimum absolute atomic E-state index is 0.0406. The van der Waals surface area contributed by atoms with Crippen LogP contribution in [0.4, 0.5) is 0 Å². The summed E-state index contributed by atoms with van der Waals surface area (Å²) in [5.41, 5.74) is -0.0967. The van der Waals surface area contributed by atoms with Gasteiger partial charge in [-0.1, -0.05) is 18.2 Å². The van der Waals surface area contributed by atoms with E-state index in [-0.39, 0.29) is 29.9 Å². The van der Waals surface area contributed by atoms with Crippen LogP contribution in [0.2, 0.25) is 0 Å². The zero-order valence-corrected chi connectivity index (χ0v) is 17.1. The van der Waals surface area contributed by atoms with Crippen LogP contribution in [0.15, 0.2) is 30.3 Å². The quantitative estimate of drug-likeness (QED) is 0.764. The van der Waals surface area contributed by atoms with Gasteiger partial charge in [0.25, 0.3) is 5.91 Å². The van der Waals surface area contributed by atoms with Crippen LogP contribution in [0, 0.1) is 11.8 Å². The van der Waals surface area contributed by atoms with Crippen molar-refractivity contribution in [1.82, 2.24) is 10.2 Å². The molecule has 2 aliphatic heterocycles. The fraction of sp³-hybridized carbons (Fsp3) is 0.652. The van der Waals surface area contributed by atoms with Gasteiger partial charge in [0.2, 0.25) is 5.91 Å². The molecule has 3 aliphatic rings. The number of hydrogen-bond acceptors (Lipinski definition) is 4. The molecule has 3 fully saturated rings. The largest absolute Gasteiger partial charge is 0.484 e. The van der Waals surface area contributed by atoms with E-state index >= 15 is 0 Å². The lowest BCUT2D eigenvalue weighted by Gasteiger charge is -2.46. The molecule has 1 N–H and O–H groups in total. The number of piperidine rings is 1.